The Morgan fingerprint density at radius 1 is 1.25 bits per heavy atom. The number of rotatable bonds is 4. The van der Waals surface area contributed by atoms with E-state index < -0.39 is 0 Å². The van der Waals surface area contributed by atoms with Crippen LogP contribution in [-0.2, 0) is 18.5 Å². The zero-order chi connectivity index (χ0) is 17.2. The lowest BCUT2D eigenvalue weighted by Gasteiger charge is -2.31. The van der Waals surface area contributed by atoms with Gasteiger partial charge in [-0.15, -0.1) is 0 Å². The number of likely N-dealkylation sites (tertiary alicyclic amines) is 1. The lowest BCUT2D eigenvalue weighted by Crippen LogP contribution is -2.36. The molecule has 0 unspecified atom stereocenters. The van der Waals surface area contributed by atoms with Gasteiger partial charge in [-0.2, -0.15) is 0 Å². The van der Waals surface area contributed by atoms with Gasteiger partial charge in [0.25, 0.3) is 5.56 Å². The molecule has 3 heterocycles. The van der Waals surface area contributed by atoms with Crippen LogP contribution in [0.25, 0.3) is 0 Å². The summed E-state index contributed by atoms with van der Waals surface area (Å²) in [4.78, 5) is 23.4. The standard InChI is InChI=1S/C18H26N4O2/c1-18(2,3)16-8-17(23)22(12-19-16)9-14-4-6-21(7-5-14)10-15-11-24-13-20-15/h8,11-14H,4-7,9-10H2,1-3H3. The summed E-state index contributed by atoms with van der Waals surface area (Å²) in [5.74, 6) is 0.526. The van der Waals surface area contributed by atoms with Crippen LogP contribution in [0.1, 0.15) is 45.0 Å². The molecule has 0 aliphatic carbocycles. The smallest absolute Gasteiger partial charge is 0.253 e. The Hall–Kier alpha value is -1.95. The largest absolute Gasteiger partial charge is 0.451 e. The van der Waals surface area contributed by atoms with Crippen LogP contribution >= 0.6 is 0 Å². The molecule has 0 atom stereocenters. The molecule has 0 N–H and O–H groups in total. The van der Waals surface area contributed by atoms with Crippen LogP contribution in [0.15, 0.2) is 34.3 Å². The molecule has 0 amide bonds. The number of hydrogen-bond donors (Lipinski definition) is 0. The molecule has 2 aromatic rings. The van der Waals surface area contributed by atoms with Crippen molar-refractivity contribution in [1.82, 2.24) is 19.4 Å². The zero-order valence-electron chi connectivity index (χ0n) is 14.7. The van der Waals surface area contributed by atoms with Crippen LogP contribution in [0.5, 0.6) is 0 Å². The summed E-state index contributed by atoms with van der Waals surface area (Å²) >= 11 is 0. The molecule has 24 heavy (non-hydrogen) atoms. The third-order valence-corrected chi connectivity index (χ3v) is 4.68. The minimum Gasteiger partial charge on any atom is -0.451 e. The van der Waals surface area contributed by atoms with Crippen LogP contribution in [0.2, 0.25) is 0 Å². The molecule has 0 bridgehead atoms. The van der Waals surface area contributed by atoms with Crippen LogP contribution in [-0.4, -0.2) is 32.5 Å². The van der Waals surface area contributed by atoms with Gasteiger partial charge in [-0.3, -0.25) is 14.3 Å². The highest BCUT2D eigenvalue weighted by atomic mass is 16.3. The molecule has 130 valence electrons. The van der Waals surface area contributed by atoms with Gasteiger partial charge in [-0.05, 0) is 31.8 Å². The van der Waals surface area contributed by atoms with E-state index in [0.717, 1.165) is 50.4 Å². The van der Waals surface area contributed by atoms with Crippen molar-refractivity contribution in [1.29, 1.82) is 0 Å². The normalized spacial score (nSPS) is 17.3. The summed E-state index contributed by atoms with van der Waals surface area (Å²) in [6.07, 6.45) is 7.07. The summed E-state index contributed by atoms with van der Waals surface area (Å²) < 4.78 is 6.78. The van der Waals surface area contributed by atoms with Gasteiger partial charge in [0.05, 0.1) is 17.7 Å². The fourth-order valence-corrected chi connectivity index (χ4v) is 3.12. The van der Waals surface area contributed by atoms with Crippen LogP contribution in [0.4, 0.5) is 0 Å². The van der Waals surface area contributed by atoms with E-state index in [2.05, 4.69) is 35.6 Å². The maximum atomic E-state index is 12.3. The molecule has 3 rings (SSSR count). The van der Waals surface area contributed by atoms with E-state index in [1.165, 1.54) is 6.39 Å². The summed E-state index contributed by atoms with van der Waals surface area (Å²) in [5, 5.41) is 0. The topological polar surface area (TPSA) is 64.2 Å². The van der Waals surface area contributed by atoms with Crippen molar-refractivity contribution < 1.29 is 4.42 Å². The second kappa shape index (κ2) is 6.89. The highest BCUT2D eigenvalue weighted by Gasteiger charge is 2.21. The first-order valence-corrected chi connectivity index (χ1v) is 8.58. The molecule has 0 spiro atoms. The van der Waals surface area contributed by atoms with Crippen LogP contribution < -0.4 is 5.56 Å². The Balaban J connectivity index is 1.55. The van der Waals surface area contributed by atoms with Crippen molar-refractivity contribution in [3.05, 3.63) is 46.8 Å². The number of hydrogen-bond acceptors (Lipinski definition) is 5. The maximum Gasteiger partial charge on any atom is 0.253 e. The highest BCUT2D eigenvalue weighted by molar-refractivity contribution is 5.10. The summed E-state index contributed by atoms with van der Waals surface area (Å²) in [6, 6.07) is 1.68. The number of oxazole rings is 1. The monoisotopic (exact) mass is 330 g/mol. The van der Waals surface area contributed by atoms with Gasteiger partial charge in [-0.1, -0.05) is 20.8 Å². The van der Waals surface area contributed by atoms with E-state index in [4.69, 9.17) is 4.42 Å². The summed E-state index contributed by atoms with van der Waals surface area (Å²) in [5.41, 5.74) is 1.79. The Morgan fingerprint density at radius 3 is 2.58 bits per heavy atom. The fraction of sp³-hybridized carbons (Fsp3) is 0.611. The van der Waals surface area contributed by atoms with Crippen molar-refractivity contribution in [3.63, 3.8) is 0 Å². The van der Waals surface area contributed by atoms with Gasteiger partial charge in [0.2, 0.25) is 0 Å². The van der Waals surface area contributed by atoms with Gasteiger partial charge < -0.3 is 4.42 Å². The number of nitrogens with zero attached hydrogens (tertiary/aromatic N) is 4. The summed E-state index contributed by atoms with van der Waals surface area (Å²) in [7, 11) is 0. The molecule has 6 nitrogen and oxygen atoms in total. The van der Waals surface area contributed by atoms with Crippen molar-refractivity contribution in [2.75, 3.05) is 13.1 Å². The number of piperidine rings is 1. The van der Waals surface area contributed by atoms with Crippen LogP contribution in [0.3, 0.4) is 0 Å². The molecule has 1 saturated heterocycles. The average Bonchev–Trinajstić information content (AvgIpc) is 3.03. The van der Waals surface area contributed by atoms with Gasteiger partial charge in [-0.25, -0.2) is 9.97 Å². The first-order chi connectivity index (χ1) is 11.4. The van der Waals surface area contributed by atoms with E-state index >= 15 is 0 Å². The maximum absolute atomic E-state index is 12.3. The van der Waals surface area contributed by atoms with E-state index in [1.54, 1.807) is 23.2 Å². The van der Waals surface area contributed by atoms with E-state index in [1.807, 2.05) is 0 Å². The second-order valence-corrected chi connectivity index (χ2v) is 7.71. The third-order valence-electron chi connectivity index (χ3n) is 4.68. The molecular formula is C18H26N4O2. The van der Waals surface area contributed by atoms with Crippen molar-refractivity contribution in [3.8, 4) is 0 Å². The van der Waals surface area contributed by atoms with Gasteiger partial charge >= 0.3 is 0 Å². The molecule has 1 aliphatic heterocycles. The lowest BCUT2D eigenvalue weighted by molar-refractivity contribution is 0.164. The molecule has 1 aliphatic rings. The molecule has 6 heteroatoms. The van der Waals surface area contributed by atoms with E-state index in [9.17, 15) is 4.79 Å². The molecule has 0 saturated carbocycles. The quantitative estimate of drug-likeness (QED) is 0.861. The molecule has 2 aromatic heterocycles. The van der Waals surface area contributed by atoms with Gasteiger partial charge in [0.15, 0.2) is 6.39 Å². The second-order valence-electron chi connectivity index (χ2n) is 7.71. The Morgan fingerprint density at radius 2 is 2.00 bits per heavy atom. The molecule has 0 aromatic carbocycles. The predicted molar refractivity (Wildman–Crippen MR) is 91.7 cm³/mol. The minimum absolute atomic E-state index is 0.0555. The SMILES string of the molecule is CC(C)(C)c1cc(=O)n(CC2CCN(Cc3cocn3)CC2)cn1. The van der Waals surface area contributed by atoms with Crippen LogP contribution in [0, 0.1) is 5.92 Å². The molecular weight excluding hydrogens is 304 g/mol. The third kappa shape index (κ3) is 4.12. The van der Waals surface area contributed by atoms with Crippen molar-refractivity contribution in [2.45, 2.75) is 52.1 Å². The minimum atomic E-state index is -0.0926. The Labute approximate surface area is 142 Å². The van der Waals surface area contributed by atoms with Gasteiger partial charge in [0, 0.05) is 24.6 Å². The Kier molecular flexibility index (Phi) is 4.85. The van der Waals surface area contributed by atoms with E-state index in [0.29, 0.717) is 5.92 Å². The Bertz CT molecular complexity index is 707. The van der Waals surface area contributed by atoms with Gasteiger partial charge in [0.1, 0.15) is 6.26 Å². The molecule has 0 radical (unpaired) electrons. The summed E-state index contributed by atoms with van der Waals surface area (Å²) in [6.45, 7) is 9.87. The molecule has 1 fully saturated rings. The van der Waals surface area contributed by atoms with Crippen molar-refractivity contribution in [2.24, 2.45) is 5.92 Å². The fourth-order valence-electron chi connectivity index (χ4n) is 3.12. The lowest BCUT2D eigenvalue weighted by atomic mass is 9.92. The zero-order valence-corrected chi connectivity index (χ0v) is 14.7. The van der Waals surface area contributed by atoms with Crippen molar-refractivity contribution >= 4 is 0 Å². The predicted octanol–water partition coefficient (Wildman–Crippen LogP) is 2.44. The number of aromatic nitrogens is 3. The first kappa shape index (κ1) is 16.9. The highest BCUT2D eigenvalue weighted by Crippen LogP contribution is 2.21. The average molecular weight is 330 g/mol. The van der Waals surface area contributed by atoms with E-state index in [-0.39, 0.29) is 11.0 Å². The first-order valence-electron chi connectivity index (χ1n) is 8.58.